The maximum absolute atomic E-state index is 13.1. The Hall–Kier alpha value is -1.84. The van der Waals surface area contributed by atoms with E-state index in [1.807, 2.05) is 23.1 Å². The van der Waals surface area contributed by atoms with Crippen molar-refractivity contribution in [3.8, 4) is 0 Å². The molecule has 5 rings (SSSR count). The molecule has 3 aromatic rings. The summed E-state index contributed by atoms with van der Waals surface area (Å²) in [5.74, 6) is -0.723. The Morgan fingerprint density at radius 2 is 2.20 bits per heavy atom. The van der Waals surface area contributed by atoms with E-state index in [4.69, 9.17) is 16.3 Å². The van der Waals surface area contributed by atoms with E-state index >= 15 is 0 Å². The molecule has 2 aliphatic heterocycles. The number of fused-ring (bicyclic) bond motifs is 3. The fourth-order valence-corrected chi connectivity index (χ4v) is 5.50. The van der Waals surface area contributed by atoms with Gasteiger partial charge in [0.25, 0.3) is 0 Å². The number of nitrogens with one attached hydrogen (secondary N) is 1. The molecule has 1 saturated heterocycles. The van der Waals surface area contributed by atoms with Gasteiger partial charge in [-0.05, 0) is 55.4 Å². The van der Waals surface area contributed by atoms with Crippen molar-refractivity contribution in [2.24, 2.45) is 5.92 Å². The van der Waals surface area contributed by atoms with Gasteiger partial charge < -0.3 is 14.6 Å². The van der Waals surface area contributed by atoms with Gasteiger partial charge in [0, 0.05) is 52.9 Å². The van der Waals surface area contributed by atoms with Crippen LogP contribution in [0.3, 0.4) is 0 Å². The van der Waals surface area contributed by atoms with Crippen molar-refractivity contribution in [1.82, 2.24) is 14.3 Å². The van der Waals surface area contributed by atoms with Crippen LogP contribution in [0.1, 0.15) is 42.4 Å². The zero-order valence-corrected chi connectivity index (χ0v) is 17.6. The zero-order chi connectivity index (χ0) is 20.9. The number of nitrogens with zero attached hydrogens (tertiary/aromatic N) is 3. The first-order chi connectivity index (χ1) is 14.4. The molecular weight excluding hydrogens is 437 g/mol. The molecule has 2 aromatic heterocycles. The standard InChI is InChI=1S/C20H20ClF3N4OS/c21-12-3-4-15-14(9-12)13-5-6-28(19-26-18(27-30-19)20(22,23)24)16(17(13)25-15)8-11-2-1-7-29-10-11/h3-4,9,11,16,25H,1-2,5-8,10H2/t11-,16-/m0/s1. The van der Waals surface area contributed by atoms with Gasteiger partial charge in [-0.1, -0.05) is 11.6 Å². The van der Waals surface area contributed by atoms with Gasteiger partial charge >= 0.3 is 6.18 Å². The summed E-state index contributed by atoms with van der Waals surface area (Å²) >= 11 is 7.03. The lowest BCUT2D eigenvalue weighted by Gasteiger charge is -2.38. The molecule has 1 fully saturated rings. The summed E-state index contributed by atoms with van der Waals surface area (Å²) in [5, 5.41) is 2.06. The number of aromatic amines is 1. The van der Waals surface area contributed by atoms with Crippen LogP contribution in [0, 0.1) is 5.92 Å². The molecule has 10 heteroatoms. The number of halogens is 4. The van der Waals surface area contributed by atoms with Gasteiger partial charge in [-0.3, -0.25) is 0 Å². The SMILES string of the molecule is FC(F)(F)c1nsc(N2CCc3c([nH]c4ccc(Cl)cc34)[C@@H]2C[C@@H]2CCCOC2)n1. The highest BCUT2D eigenvalue weighted by atomic mass is 35.5. The Kier molecular flexibility index (Phi) is 5.15. The quantitative estimate of drug-likeness (QED) is 0.556. The van der Waals surface area contributed by atoms with Crippen LogP contribution >= 0.6 is 23.1 Å². The molecular formula is C20H20ClF3N4OS. The molecule has 2 aliphatic rings. The van der Waals surface area contributed by atoms with Crippen molar-refractivity contribution in [3.63, 3.8) is 0 Å². The first kappa shape index (κ1) is 20.1. The molecule has 0 aliphatic carbocycles. The van der Waals surface area contributed by atoms with Crippen molar-refractivity contribution in [1.29, 1.82) is 0 Å². The molecule has 5 nitrogen and oxygen atoms in total. The zero-order valence-electron chi connectivity index (χ0n) is 16.0. The maximum Gasteiger partial charge on any atom is 0.452 e. The molecule has 0 saturated carbocycles. The van der Waals surface area contributed by atoms with Crippen LogP contribution in [0.2, 0.25) is 5.02 Å². The molecule has 0 spiro atoms. The number of hydrogen-bond acceptors (Lipinski definition) is 5. The predicted molar refractivity (Wildman–Crippen MR) is 110 cm³/mol. The second-order valence-electron chi connectivity index (χ2n) is 7.88. The predicted octanol–water partition coefficient (Wildman–Crippen LogP) is 5.61. The molecule has 0 unspecified atom stereocenters. The largest absolute Gasteiger partial charge is 0.452 e. The first-order valence-electron chi connectivity index (χ1n) is 9.95. The van der Waals surface area contributed by atoms with Gasteiger partial charge in [-0.2, -0.15) is 22.5 Å². The van der Waals surface area contributed by atoms with Gasteiger partial charge in [-0.25, -0.2) is 0 Å². The van der Waals surface area contributed by atoms with Crippen LogP contribution in [0.4, 0.5) is 18.3 Å². The van der Waals surface area contributed by atoms with E-state index in [2.05, 4.69) is 14.3 Å². The maximum atomic E-state index is 13.1. The van der Waals surface area contributed by atoms with Crippen LogP contribution < -0.4 is 4.90 Å². The van der Waals surface area contributed by atoms with Gasteiger partial charge in [0.2, 0.25) is 11.0 Å². The summed E-state index contributed by atoms with van der Waals surface area (Å²) in [6.07, 6.45) is -0.998. The molecule has 0 bridgehead atoms. The van der Waals surface area contributed by atoms with Crippen molar-refractivity contribution in [2.45, 2.75) is 37.9 Å². The lowest BCUT2D eigenvalue weighted by molar-refractivity contribution is -0.144. The molecule has 4 heterocycles. The van der Waals surface area contributed by atoms with E-state index in [1.165, 1.54) is 5.56 Å². The Morgan fingerprint density at radius 3 is 2.93 bits per heavy atom. The van der Waals surface area contributed by atoms with E-state index in [0.29, 0.717) is 35.6 Å². The van der Waals surface area contributed by atoms with Crippen LogP contribution in [0.15, 0.2) is 18.2 Å². The van der Waals surface area contributed by atoms with Crippen molar-refractivity contribution in [2.75, 3.05) is 24.7 Å². The highest BCUT2D eigenvalue weighted by molar-refractivity contribution is 7.09. The molecule has 160 valence electrons. The van der Waals surface area contributed by atoms with Crippen molar-refractivity contribution in [3.05, 3.63) is 40.3 Å². The third kappa shape index (κ3) is 3.67. The van der Waals surface area contributed by atoms with Crippen LogP contribution in [0.5, 0.6) is 0 Å². The highest BCUT2D eigenvalue weighted by Crippen LogP contribution is 2.43. The number of H-pyrrole nitrogens is 1. The van der Waals surface area contributed by atoms with Crippen LogP contribution in [0.25, 0.3) is 10.9 Å². The van der Waals surface area contributed by atoms with Gasteiger partial charge in [0.05, 0.1) is 6.04 Å². The minimum atomic E-state index is -4.54. The Bertz CT molecular complexity index is 1060. The summed E-state index contributed by atoms with van der Waals surface area (Å²) in [6, 6.07) is 5.64. The van der Waals surface area contributed by atoms with Gasteiger partial charge in [0.15, 0.2) is 0 Å². The van der Waals surface area contributed by atoms with E-state index in [1.54, 1.807) is 0 Å². The second-order valence-corrected chi connectivity index (χ2v) is 9.05. The van der Waals surface area contributed by atoms with E-state index < -0.39 is 12.0 Å². The molecule has 1 aromatic carbocycles. The third-order valence-corrected chi connectivity index (χ3v) is 6.93. The third-order valence-electron chi connectivity index (χ3n) is 5.94. The fourth-order valence-electron chi connectivity index (χ4n) is 4.57. The average Bonchev–Trinajstić information content (AvgIpc) is 3.34. The lowest BCUT2D eigenvalue weighted by atomic mass is 9.88. The molecule has 1 N–H and O–H groups in total. The number of alkyl halides is 3. The number of aromatic nitrogens is 3. The number of rotatable bonds is 3. The lowest BCUT2D eigenvalue weighted by Crippen LogP contribution is -2.37. The van der Waals surface area contributed by atoms with Gasteiger partial charge in [0.1, 0.15) is 0 Å². The Labute approximate surface area is 180 Å². The smallest absolute Gasteiger partial charge is 0.381 e. The summed E-state index contributed by atoms with van der Waals surface area (Å²) in [4.78, 5) is 9.32. The van der Waals surface area contributed by atoms with Crippen LogP contribution in [-0.4, -0.2) is 34.1 Å². The summed E-state index contributed by atoms with van der Waals surface area (Å²) < 4.78 is 48.5. The van der Waals surface area contributed by atoms with Crippen LogP contribution in [-0.2, 0) is 17.3 Å². The second kappa shape index (κ2) is 7.69. The molecule has 2 atom stereocenters. The minimum absolute atomic E-state index is 0.111. The number of hydrogen-bond donors (Lipinski definition) is 1. The summed E-state index contributed by atoms with van der Waals surface area (Å²) in [5.41, 5.74) is 3.21. The minimum Gasteiger partial charge on any atom is -0.381 e. The Morgan fingerprint density at radius 1 is 1.33 bits per heavy atom. The number of ether oxygens (including phenoxy) is 1. The van der Waals surface area contributed by atoms with E-state index in [9.17, 15) is 13.2 Å². The molecule has 0 radical (unpaired) electrons. The number of anilines is 1. The van der Waals surface area contributed by atoms with E-state index in [0.717, 1.165) is 54.0 Å². The van der Waals surface area contributed by atoms with E-state index in [-0.39, 0.29) is 6.04 Å². The summed E-state index contributed by atoms with van der Waals surface area (Å²) in [6.45, 7) is 2.03. The van der Waals surface area contributed by atoms with Gasteiger partial charge in [-0.15, -0.1) is 0 Å². The molecule has 30 heavy (non-hydrogen) atoms. The molecule has 0 amide bonds. The highest BCUT2D eigenvalue weighted by Gasteiger charge is 2.39. The average molecular weight is 457 g/mol. The van der Waals surface area contributed by atoms with Crippen molar-refractivity contribution < 1.29 is 17.9 Å². The summed E-state index contributed by atoms with van der Waals surface area (Å²) in [7, 11) is 0. The Balaban J connectivity index is 1.55. The topological polar surface area (TPSA) is 54.0 Å². The number of benzene rings is 1. The first-order valence-corrected chi connectivity index (χ1v) is 11.1. The normalized spacial score (nSPS) is 22.5. The van der Waals surface area contributed by atoms with Crippen molar-refractivity contribution >= 4 is 39.2 Å². The fraction of sp³-hybridized carbons (Fsp3) is 0.500. The monoisotopic (exact) mass is 456 g/mol.